The average Bonchev–Trinajstić information content (AvgIpc) is 2.40. The van der Waals surface area contributed by atoms with E-state index in [1.165, 1.54) is 33.4 Å². The second-order valence-electron chi connectivity index (χ2n) is 5.64. The number of hydrogen-bond acceptors (Lipinski definition) is 1. The number of rotatable bonds is 4. The molecule has 0 radical (unpaired) electrons. The molecule has 0 fully saturated rings. The molecule has 0 saturated carbocycles. The minimum atomic E-state index is 0.278. The van der Waals surface area contributed by atoms with Crippen molar-refractivity contribution in [2.75, 3.05) is 6.54 Å². The van der Waals surface area contributed by atoms with Crippen LogP contribution < -0.4 is 5.32 Å². The van der Waals surface area contributed by atoms with E-state index in [4.69, 9.17) is 0 Å². The maximum absolute atomic E-state index is 3.64. The Morgan fingerprint density at radius 2 is 1.65 bits per heavy atom. The normalized spacial score (nSPS) is 12.4. The molecule has 1 nitrogen and oxygen atoms in total. The van der Waals surface area contributed by atoms with E-state index in [1.54, 1.807) is 0 Å². The third kappa shape index (κ3) is 2.94. The van der Waals surface area contributed by atoms with Gasteiger partial charge in [-0.05, 0) is 62.1 Å². The molecule has 0 spiro atoms. The Morgan fingerprint density at radius 1 is 0.900 bits per heavy atom. The standard InChI is InChI=1S/C19H25N/c1-6-20-19(17-11-10-13(2)12-15(17)4)18-9-7-8-14(3)16(18)5/h7-12,19-20H,6H2,1-5H3. The Hall–Kier alpha value is -1.60. The molecule has 1 atom stereocenters. The molecule has 0 aliphatic rings. The van der Waals surface area contributed by atoms with Gasteiger partial charge in [-0.1, -0.05) is 48.9 Å². The summed E-state index contributed by atoms with van der Waals surface area (Å²) in [5.41, 5.74) is 8.19. The number of nitrogens with one attached hydrogen (secondary N) is 1. The predicted octanol–water partition coefficient (Wildman–Crippen LogP) is 4.62. The lowest BCUT2D eigenvalue weighted by molar-refractivity contribution is 0.624. The first-order valence-corrected chi connectivity index (χ1v) is 7.41. The van der Waals surface area contributed by atoms with Gasteiger partial charge in [-0.2, -0.15) is 0 Å². The van der Waals surface area contributed by atoms with Crippen LogP contribution in [-0.2, 0) is 0 Å². The van der Waals surface area contributed by atoms with Crippen molar-refractivity contribution in [2.24, 2.45) is 0 Å². The monoisotopic (exact) mass is 267 g/mol. The van der Waals surface area contributed by atoms with E-state index in [1.807, 2.05) is 0 Å². The molecule has 2 aromatic carbocycles. The van der Waals surface area contributed by atoms with Gasteiger partial charge in [-0.15, -0.1) is 0 Å². The van der Waals surface area contributed by atoms with Crippen molar-refractivity contribution in [3.63, 3.8) is 0 Å². The summed E-state index contributed by atoms with van der Waals surface area (Å²) >= 11 is 0. The minimum Gasteiger partial charge on any atom is -0.307 e. The van der Waals surface area contributed by atoms with Crippen LogP contribution in [0.4, 0.5) is 0 Å². The highest BCUT2D eigenvalue weighted by molar-refractivity contribution is 5.43. The molecule has 106 valence electrons. The highest BCUT2D eigenvalue weighted by Gasteiger charge is 2.17. The summed E-state index contributed by atoms with van der Waals surface area (Å²) in [6.45, 7) is 11.9. The quantitative estimate of drug-likeness (QED) is 0.852. The number of hydrogen-bond donors (Lipinski definition) is 1. The molecule has 0 aliphatic heterocycles. The lowest BCUT2D eigenvalue weighted by atomic mass is 9.90. The topological polar surface area (TPSA) is 12.0 Å². The fraction of sp³-hybridized carbons (Fsp3) is 0.368. The highest BCUT2D eigenvalue weighted by atomic mass is 14.9. The summed E-state index contributed by atoms with van der Waals surface area (Å²) in [6, 6.07) is 13.6. The van der Waals surface area contributed by atoms with Crippen molar-refractivity contribution in [3.05, 3.63) is 69.8 Å². The summed E-state index contributed by atoms with van der Waals surface area (Å²) in [7, 11) is 0. The van der Waals surface area contributed by atoms with Gasteiger partial charge >= 0.3 is 0 Å². The van der Waals surface area contributed by atoms with Crippen LogP contribution >= 0.6 is 0 Å². The van der Waals surface area contributed by atoms with Crippen LogP contribution in [0.3, 0.4) is 0 Å². The largest absolute Gasteiger partial charge is 0.307 e. The van der Waals surface area contributed by atoms with Crippen molar-refractivity contribution >= 4 is 0 Å². The lowest BCUT2D eigenvalue weighted by Crippen LogP contribution is -2.23. The van der Waals surface area contributed by atoms with Gasteiger partial charge in [-0.3, -0.25) is 0 Å². The van der Waals surface area contributed by atoms with E-state index < -0.39 is 0 Å². The molecule has 0 aromatic heterocycles. The van der Waals surface area contributed by atoms with Gasteiger partial charge in [0, 0.05) is 0 Å². The van der Waals surface area contributed by atoms with E-state index >= 15 is 0 Å². The maximum atomic E-state index is 3.64. The third-order valence-corrected chi connectivity index (χ3v) is 4.10. The van der Waals surface area contributed by atoms with Crippen LogP contribution in [0.15, 0.2) is 36.4 Å². The Bertz CT molecular complexity index is 599. The van der Waals surface area contributed by atoms with E-state index in [-0.39, 0.29) is 6.04 Å². The SMILES string of the molecule is CCNC(c1ccc(C)cc1C)c1cccc(C)c1C. The summed E-state index contributed by atoms with van der Waals surface area (Å²) in [4.78, 5) is 0. The van der Waals surface area contributed by atoms with Crippen molar-refractivity contribution in [3.8, 4) is 0 Å². The van der Waals surface area contributed by atoms with E-state index in [0.717, 1.165) is 6.54 Å². The first kappa shape index (κ1) is 14.8. The fourth-order valence-electron chi connectivity index (χ4n) is 2.83. The Morgan fingerprint density at radius 3 is 2.30 bits per heavy atom. The molecule has 2 aromatic rings. The highest BCUT2D eigenvalue weighted by Crippen LogP contribution is 2.29. The second-order valence-corrected chi connectivity index (χ2v) is 5.64. The van der Waals surface area contributed by atoms with Crippen LogP contribution in [0.1, 0.15) is 46.3 Å². The maximum Gasteiger partial charge on any atom is 0.0581 e. The molecular formula is C19H25N. The number of benzene rings is 2. The number of aryl methyl sites for hydroxylation is 3. The van der Waals surface area contributed by atoms with E-state index in [0.29, 0.717) is 0 Å². The van der Waals surface area contributed by atoms with Crippen molar-refractivity contribution in [1.29, 1.82) is 0 Å². The summed E-state index contributed by atoms with van der Waals surface area (Å²) < 4.78 is 0. The van der Waals surface area contributed by atoms with E-state index in [9.17, 15) is 0 Å². The zero-order chi connectivity index (χ0) is 14.7. The van der Waals surface area contributed by atoms with Gasteiger partial charge in [0.05, 0.1) is 6.04 Å². The van der Waals surface area contributed by atoms with Crippen LogP contribution in [0.5, 0.6) is 0 Å². The predicted molar refractivity (Wildman–Crippen MR) is 87.4 cm³/mol. The summed E-state index contributed by atoms with van der Waals surface area (Å²) in [5.74, 6) is 0. The van der Waals surface area contributed by atoms with Crippen LogP contribution in [0.25, 0.3) is 0 Å². The first-order chi connectivity index (χ1) is 9.54. The Labute approximate surface area is 123 Å². The van der Waals surface area contributed by atoms with Gasteiger partial charge in [-0.25, -0.2) is 0 Å². The molecule has 2 rings (SSSR count). The van der Waals surface area contributed by atoms with Crippen LogP contribution in [0.2, 0.25) is 0 Å². The molecule has 0 amide bonds. The fourth-order valence-corrected chi connectivity index (χ4v) is 2.83. The van der Waals surface area contributed by atoms with Crippen LogP contribution in [0, 0.1) is 27.7 Å². The molecule has 1 N–H and O–H groups in total. The van der Waals surface area contributed by atoms with E-state index in [2.05, 4.69) is 76.3 Å². The minimum absolute atomic E-state index is 0.278. The van der Waals surface area contributed by atoms with Gasteiger partial charge in [0.2, 0.25) is 0 Å². The summed E-state index contributed by atoms with van der Waals surface area (Å²) in [5, 5.41) is 3.64. The van der Waals surface area contributed by atoms with Crippen molar-refractivity contribution in [2.45, 2.75) is 40.7 Å². The molecular weight excluding hydrogens is 242 g/mol. The summed E-state index contributed by atoms with van der Waals surface area (Å²) in [6.07, 6.45) is 0. The third-order valence-electron chi connectivity index (χ3n) is 4.10. The van der Waals surface area contributed by atoms with Gasteiger partial charge < -0.3 is 5.32 Å². The average molecular weight is 267 g/mol. The molecule has 0 aliphatic carbocycles. The van der Waals surface area contributed by atoms with Crippen molar-refractivity contribution < 1.29 is 0 Å². The molecule has 0 bridgehead atoms. The van der Waals surface area contributed by atoms with Crippen LogP contribution in [-0.4, -0.2) is 6.54 Å². The van der Waals surface area contributed by atoms with Gasteiger partial charge in [0.25, 0.3) is 0 Å². The molecule has 1 unspecified atom stereocenters. The van der Waals surface area contributed by atoms with Gasteiger partial charge in [0.15, 0.2) is 0 Å². The zero-order valence-electron chi connectivity index (χ0n) is 13.2. The van der Waals surface area contributed by atoms with Gasteiger partial charge in [0.1, 0.15) is 0 Å². The zero-order valence-corrected chi connectivity index (χ0v) is 13.2. The first-order valence-electron chi connectivity index (χ1n) is 7.41. The smallest absolute Gasteiger partial charge is 0.0581 e. The molecule has 0 heterocycles. The molecule has 0 saturated heterocycles. The second kappa shape index (κ2) is 6.23. The molecule has 1 heteroatoms. The lowest BCUT2D eigenvalue weighted by Gasteiger charge is -2.24. The van der Waals surface area contributed by atoms with Crippen molar-refractivity contribution in [1.82, 2.24) is 5.32 Å². The molecule has 20 heavy (non-hydrogen) atoms. The Kier molecular flexibility index (Phi) is 4.61. The Balaban J connectivity index is 2.53.